The minimum atomic E-state index is 0.358. The van der Waals surface area contributed by atoms with Crippen LogP contribution in [0.2, 0.25) is 0 Å². The predicted molar refractivity (Wildman–Crippen MR) is 66.0 cm³/mol. The van der Waals surface area contributed by atoms with Gasteiger partial charge in [0.05, 0.1) is 12.2 Å². The Balaban J connectivity index is 1.52. The van der Waals surface area contributed by atoms with Crippen LogP contribution in [-0.2, 0) is 14.3 Å². The molecule has 0 aromatic carbocycles. The van der Waals surface area contributed by atoms with Crippen molar-refractivity contribution in [2.24, 2.45) is 5.92 Å². The molecule has 3 nitrogen and oxygen atoms in total. The third-order valence-electron chi connectivity index (χ3n) is 3.88. The number of carbonyl (C=O) groups is 1. The number of ether oxygens (including phenoxy) is 2. The summed E-state index contributed by atoms with van der Waals surface area (Å²) in [4.78, 5) is 11.8. The van der Waals surface area contributed by atoms with Gasteiger partial charge >= 0.3 is 0 Å². The van der Waals surface area contributed by atoms with E-state index in [-0.39, 0.29) is 0 Å². The molecule has 0 amide bonds. The van der Waals surface area contributed by atoms with Crippen LogP contribution < -0.4 is 0 Å². The standard InChI is InChI=1S/C14H24O3/c1-2-16-14-9-11(10-14)8-12(15)5-6-13-4-3-7-17-13/h11,13-14H,2-10H2,1H3. The number of rotatable bonds is 7. The summed E-state index contributed by atoms with van der Waals surface area (Å²) in [6.45, 7) is 3.71. The summed E-state index contributed by atoms with van der Waals surface area (Å²) in [7, 11) is 0. The minimum absolute atomic E-state index is 0.358. The Bertz CT molecular complexity index is 240. The van der Waals surface area contributed by atoms with Gasteiger partial charge < -0.3 is 9.47 Å². The van der Waals surface area contributed by atoms with Gasteiger partial charge in [0.15, 0.2) is 0 Å². The van der Waals surface area contributed by atoms with Gasteiger partial charge in [0, 0.05) is 26.1 Å². The third-order valence-corrected chi connectivity index (χ3v) is 3.88. The molecule has 2 fully saturated rings. The number of hydrogen-bond donors (Lipinski definition) is 0. The second-order valence-electron chi connectivity index (χ2n) is 5.33. The van der Waals surface area contributed by atoms with Crippen LogP contribution in [0, 0.1) is 5.92 Å². The molecule has 0 aromatic rings. The Hall–Kier alpha value is -0.410. The summed E-state index contributed by atoms with van der Waals surface area (Å²) >= 11 is 0. The summed E-state index contributed by atoms with van der Waals surface area (Å²) in [5, 5.41) is 0. The van der Waals surface area contributed by atoms with E-state index in [1.165, 1.54) is 0 Å². The normalized spacial score (nSPS) is 32.4. The van der Waals surface area contributed by atoms with Crippen LogP contribution in [0.25, 0.3) is 0 Å². The Kier molecular flexibility index (Phi) is 4.99. The fraction of sp³-hybridized carbons (Fsp3) is 0.929. The van der Waals surface area contributed by atoms with Gasteiger partial charge in [-0.1, -0.05) is 0 Å². The molecule has 1 unspecified atom stereocenters. The van der Waals surface area contributed by atoms with E-state index in [0.29, 0.717) is 30.3 Å². The van der Waals surface area contributed by atoms with Crippen molar-refractivity contribution in [3.63, 3.8) is 0 Å². The highest BCUT2D eigenvalue weighted by Crippen LogP contribution is 2.33. The Labute approximate surface area is 104 Å². The molecule has 17 heavy (non-hydrogen) atoms. The molecule has 1 aliphatic heterocycles. The zero-order valence-electron chi connectivity index (χ0n) is 10.8. The van der Waals surface area contributed by atoms with Crippen molar-refractivity contribution in [2.45, 2.75) is 64.1 Å². The average Bonchev–Trinajstić information content (AvgIpc) is 2.76. The van der Waals surface area contributed by atoms with Crippen molar-refractivity contribution in [3.05, 3.63) is 0 Å². The maximum atomic E-state index is 11.8. The lowest BCUT2D eigenvalue weighted by Crippen LogP contribution is -2.32. The molecule has 0 radical (unpaired) electrons. The molecule has 0 aromatic heterocycles. The van der Waals surface area contributed by atoms with Crippen LogP contribution in [0.5, 0.6) is 0 Å². The Morgan fingerprint density at radius 2 is 2.24 bits per heavy atom. The second-order valence-corrected chi connectivity index (χ2v) is 5.33. The minimum Gasteiger partial charge on any atom is -0.378 e. The van der Waals surface area contributed by atoms with E-state index >= 15 is 0 Å². The Morgan fingerprint density at radius 3 is 2.88 bits per heavy atom. The molecule has 98 valence electrons. The zero-order valence-corrected chi connectivity index (χ0v) is 10.8. The molecule has 1 heterocycles. The van der Waals surface area contributed by atoms with Crippen LogP contribution in [-0.4, -0.2) is 31.2 Å². The topological polar surface area (TPSA) is 35.5 Å². The van der Waals surface area contributed by atoms with Gasteiger partial charge in [0.25, 0.3) is 0 Å². The van der Waals surface area contributed by atoms with Crippen molar-refractivity contribution >= 4 is 5.78 Å². The van der Waals surface area contributed by atoms with Crippen molar-refractivity contribution in [2.75, 3.05) is 13.2 Å². The fourth-order valence-electron chi connectivity index (χ4n) is 2.83. The largest absolute Gasteiger partial charge is 0.378 e. The van der Waals surface area contributed by atoms with E-state index in [0.717, 1.165) is 51.7 Å². The molecule has 0 spiro atoms. The van der Waals surface area contributed by atoms with Crippen LogP contribution >= 0.6 is 0 Å². The lowest BCUT2D eigenvalue weighted by atomic mass is 9.78. The monoisotopic (exact) mass is 240 g/mol. The van der Waals surface area contributed by atoms with Crippen LogP contribution in [0.4, 0.5) is 0 Å². The highest BCUT2D eigenvalue weighted by Gasteiger charge is 2.31. The number of carbonyl (C=O) groups excluding carboxylic acids is 1. The van der Waals surface area contributed by atoms with Gasteiger partial charge in [0.2, 0.25) is 0 Å². The van der Waals surface area contributed by atoms with Crippen LogP contribution in [0.1, 0.15) is 51.9 Å². The fourth-order valence-corrected chi connectivity index (χ4v) is 2.83. The molecule has 2 aliphatic rings. The molecule has 3 heteroatoms. The van der Waals surface area contributed by atoms with Crippen molar-refractivity contribution in [1.82, 2.24) is 0 Å². The first-order chi connectivity index (χ1) is 8.28. The van der Waals surface area contributed by atoms with Crippen LogP contribution in [0.15, 0.2) is 0 Å². The first kappa shape index (κ1) is 13.0. The maximum Gasteiger partial charge on any atom is 0.133 e. The Morgan fingerprint density at radius 1 is 1.41 bits per heavy atom. The number of ketones is 1. The predicted octanol–water partition coefficient (Wildman–Crippen LogP) is 2.72. The first-order valence-electron chi connectivity index (χ1n) is 7.02. The quantitative estimate of drug-likeness (QED) is 0.686. The molecular weight excluding hydrogens is 216 g/mol. The summed E-state index contributed by atoms with van der Waals surface area (Å²) < 4.78 is 11.0. The summed E-state index contributed by atoms with van der Waals surface area (Å²) in [5.74, 6) is 1.00. The van der Waals surface area contributed by atoms with Crippen molar-refractivity contribution in [3.8, 4) is 0 Å². The zero-order chi connectivity index (χ0) is 12.1. The lowest BCUT2D eigenvalue weighted by Gasteiger charge is -2.34. The van der Waals surface area contributed by atoms with E-state index in [1.54, 1.807) is 0 Å². The second kappa shape index (κ2) is 6.50. The van der Waals surface area contributed by atoms with E-state index in [9.17, 15) is 4.79 Å². The number of hydrogen-bond acceptors (Lipinski definition) is 3. The van der Waals surface area contributed by atoms with E-state index in [4.69, 9.17) is 9.47 Å². The number of Topliss-reactive ketones (excluding diaryl/α,β-unsaturated/α-hetero) is 1. The molecule has 0 bridgehead atoms. The molecule has 1 aliphatic carbocycles. The van der Waals surface area contributed by atoms with E-state index < -0.39 is 0 Å². The smallest absolute Gasteiger partial charge is 0.133 e. The first-order valence-corrected chi connectivity index (χ1v) is 7.02. The van der Waals surface area contributed by atoms with E-state index in [2.05, 4.69) is 0 Å². The van der Waals surface area contributed by atoms with Gasteiger partial charge in [0.1, 0.15) is 5.78 Å². The molecule has 0 N–H and O–H groups in total. The summed E-state index contributed by atoms with van der Waals surface area (Å²) in [6.07, 6.45) is 7.66. The molecule has 1 saturated carbocycles. The molecular formula is C14H24O3. The lowest BCUT2D eigenvalue weighted by molar-refractivity contribution is -0.122. The maximum absolute atomic E-state index is 11.8. The van der Waals surface area contributed by atoms with Gasteiger partial charge in [-0.3, -0.25) is 4.79 Å². The summed E-state index contributed by atoms with van der Waals surface area (Å²) in [6, 6.07) is 0. The average molecular weight is 240 g/mol. The van der Waals surface area contributed by atoms with Gasteiger partial charge in [-0.15, -0.1) is 0 Å². The van der Waals surface area contributed by atoms with Gasteiger partial charge in [-0.05, 0) is 44.9 Å². The van der Waals surface area contributed by atoms with Crippen molar-refractivity contribution < 1.29 is 14.3 Å². The highest BCUT2D eigenvalue weighted by molar-refractivity contribution is 5.78. The molecule has 1 saturated heterocycles. The van der Waals surface area contributed by atoms with Gasteiger partial charge in [-0.25, -0.2) is 0 Å². The SMILES string of the molecule is CCOC1CC(CC(=O)CCC2CCCO2)C1. The van der Waals surface area contributed by atoms with Crippen LogP contribution in [0.3, 0.4) is 0 Å². The van der Waals surface area contributed by atoms with Gasteiger partial charge in [-0.2, -0.15) is 0 Å². The highest BCUT2D eigenvalue weighted by atomic mass is 16.5. The van der Waals surface area contributed by atoms with E-state index in [1.807, 2.05) is 6.92 Å². The molecule has 1 atom stereocenters. The molecule has 2 rings (SSSR count). The summed E-state index contributed by atoms with van der Waals surface area (Å²) in [5.41, 5.74) is 0. The van der Waals surface area contributed by atoms with Crippen molar-refractivity contribution in [1.29, 1.82) is 0 Å². The third kappa shape index (κ3) is 4.07.